The van der Waals surface area contributed by atoms with Crippen LogP contribution in [0, 0.1) is 0 Å². The number of rotatable bonds is 16. The van der Waals surface area contributed by atoms with Crippen molar-refractivity contribution in [2.75, 3.05) is 6.54 Å². The molecule has 7 aromatic heterocycles. The van der Waals surface area contributed by atoms with Crippen molar-refractivity contribution in [3.63, 3.8) is 0 Å². The third kappa shape index (κ3) is 7.57. The molecule has 0 aliphatic carbocycles. The first-order valence-corrected chi connectivity index (χ1v) is 18.9. The van der Waals surface area contributed by atoms with Gasteiger partial charge in [0.1, 0.15) is 17.4 Å². The van der Waals surface area contributed by atoms with Crippen LogP contribution in [0.25, 0.3) is 39.2 Å². The number of carbonyl (C=O) groups is 6. The van der Waals surface area contributed by atoms with Crippen molar-refractivity contribution >= 4 is 86.3 Å². The predicted molar refractivity (Wildman–Crippen MR) is 207 cm³/mol. The van der Waals surface area contributed by atoms with Gasteiger partial charge in [-0.2, -0.15) is 17.5 Å². The van der Waals surface area contributed by atoms with Crippen LogP contribution < -0.4 is 21.7 Å². The molecule has 3 amide bonds. The number of aromatic nitrogens is 7. The van der Waals surface area contributed by atoms with Crippen LogP contribution in [0.3, 0.4) is 0 Å². The van der Waals surface area contributed by atoms with Crippen molar-refractivity contribution in [3.05, 3.63) is 108 Å². The topological polar surface area (TPSA) is 287 Å². The highest BCUT2D eigenvalue weighted by Gasteiger charge is 2.33. The van der Waals surface area contributed by atoms with Crippen LogP contribution in [0.4, 0.5) is 0 Å². The van der Waals surface area contributed by atoms with Gasteiger partial charge in [0.2, 0.25) is 23.1 Å². The molecule has 8 rings (SSSR count). The number of fused-ring (bicyclic) bond motifs is 2. The quantitative estimate of drug-likeness (QED) is 0.0763. The molecule has 0 saturated carbocycles. The fourth-order valence-corrected chi connectivity index (χ4v) is 7.52. The fourth-order valence-electron chi connectivity index (χ4n) is 6.40. The van der Waals surface area contributed by atoms with E-state index in [4.69, 9.17) is 14.6 Å². The lowest BCUT2D eigenvalue weighted by Crippen LogP contribution is -2.47. The number of hydrogen-bond acceptors (Lipinski definition) is 16. The average Bonchev–Trinajstić information content (AvgIpc) is 4.09. The normalized spacial score (nSPS) is 13.5. The number of hydrogen-bond donors (Lipinski definition) is 6. The van der Waals surface area contributed by atoms with E-state index in [1.165, 1.54) is 12.5 Å². The molecule has 1 aliphatic heterocycles. The molecule has 21 heteroatoms. The number of nitrogens with two attached hydrogens (primary N) is 1. The van der Waals surface area contributed by atoms with Crippen LogP contribution in [0.2, 0.25) is 0 Å². The Morgan fingerprint density at radius 3 is 2.26 bits per heavy atom. The summed E-state index contributed by atoms with van der Waals surface area (Å²) in [4.78, 5) is 89.7. The first kappa shape index (κ1) is 37.5. The highest BCUT2D eigenvalue weighted by molar-refractivity contribution is 6.99. The largest absolute Gasteiger partial charge is 0.462 e. The second kappa shape index (κ2) is 16.0. The molecule has 292 valence electrons. The molecular weight excluding hydrogens is 791 g/mol. The maximum Gasteiger partial charge on any atom is 0.287 e. The summed E-state index contributed by atoms with van der Waals surface area (Å²) < 4.78 is 27.9. The highest BCUT2D eigenvalue weighted by Crippen LogP contribution is 2.26. The molecule has 1 aliphatic rings. The van der Waals surface area contributed by atoms with E-state index < -0.39 is 53.6 Å². The first-order chi connectivity index (χ1) is 28.1. The van der Waals surface area contributed by atoms with Crippen molar-refractivity contribution in [2.24, 2.45) is 5.73 Å². The third-order valence-electron chi connectivity index (χ3n) is 9.22. The molecule has 0 radical (unpaired) electrons. The number of primary amides is 1. The van der Waals surface area contributed by atoms with Gasteiger partial charge in [-0.15, -0.1) is 0 Å². The number of H-pyrrole nitrogens is 2. The zero-order valence-electron chi connectivity index (χ0n) is 29.8. The Morgan fingerprint density at radius 2 is 1.55 bits per heavy atom. The molecule has 0 saturated heterocycles. The Labute approximate surface area is 333 Å². The molecule has 0 spiro atoms. The number of furan rings is 2. The van der Waals surface area contributed by atoms with Gasteiger partial charge in [-0.1, -0.05) is 18.2 Å². The first-order valence-electron chi connectivity index (χ1n) is 17.5. The van der Waals surface area contributed by atoms with Gasteiger partial charge >= 0.3 is 0 Å². The van der Waals surface area contributed by atoms with E-state index in [9.17, 15) is 28.8 Å². The number of carbonyl (C=O) groups excluding carboxylic acids is 6. The second-order valence-corrected chi connectivity index (χ2v) is 14.0. The monoisotopic (exact) mass is 819 g/mol. The number of allylic oxidation sites excluding steroid dienone is 2. The Hall–Kier alpha value is -7.39. The van der Waals surface area contributed by atoms with Crippen LogP contribution in [-0.4, -0.2) is 86.1 Å². The minimum Gasteiger partial charge on any atom is -0.462 e. The zero-order chi connectivity index (χ0) is 40.3. The number of amides is 3. The van der Waals surface area contributed by atoms with Gasteiger partial charge < -0.3 is 40.5 Å². The van der Waals surface area contributed by atoms with Crippen LogP contribution in [-0.2, 0) is 38.4 Å². The zero-order valence-corrected chi connectivity index (χ0v) is 31.4. The van der Waals surface area contributed by atoms with Crippen LogP contribution >= 0.6 is 23.5 Å². The smallest absolute Gasteiger partial charge is 0.287 e. The number of pyridine rings is 1. The van der Waals surface area contributed by atoms with E-state index in [1.54, 1.807) is 55.0 Å². The van der Waals surface area contributed by atoms with Gasteiger partial charge in [-0.25, -0.2) is 0 Å². The summed E-state index contributed by atoms with van der Waals surface area (Å²) in [6.07, 6.45) is 12.3. The lowest BCUT2D eigenvalue weighted by molar-refractivity contribution is -0.137. The highest BCUT2D eigenvalue weighted by atomic mass is 32.1. The van der Waals surface area contributed by atoms with Crippen molar-refractivity contribution in [2.45, 2.75) is 31.3 Å². The molecular formula is C37H29N11O8S2. The standard InChI is InChI=1S/C37H29N11O8S2/c38-34(52)33(51)25(44-36(54)31-29(46-58-48-31)23-6-2-4-8-41-23)9-17-16-56-37-20(17)11-19(42-37)12-26(49)32(50)24(10-18-15-55-27-14-39-13-21(18)27)43-35(53)30-28(45-57-47-30)22-5-1-3-7-40-22/h1-7,11,13-16,24-25,39,41-42H,8-10,12H2,(H2,38,52)(H,43,53)(H,44,54). The van der Waals surface area contributed by atoms with E-state index >= 15 is 0 Å². The average molecular weight is 820 g/mol. The fraction of sp³-hybridized carbons (Fsp3) is 0.162. The van der Waals surface area contributed by atoms with Crippen LogP contribution in [0.5, 0.6) is 0 Å². The summed E-state index contributed by atoms with van der Waals surface area (Å²) >= 11 is 1.61. The lowest BCUT2D eigenvalue weighted by atomic mass is 9.97. The van der Waals surface area contributed by atoms with Gasteiger partial charge in [0.15, 0.2) is 17.0 Å². The minimum atomic E-state index is -1.42. The van der Waals surface area contributed by atoms with E-state index in [2.05, 4.69) is 48.4 Å². The van der Waals surface area contributed by atoms with Gasteiger partial charge in [0.05, 0.1) is 59.8 Å². The van der Waals surface area contributed by atoms with E-state index in [1.807, 2.05) is 6.08 Å². The molecule has 7 N–H and O–H groups in total. The Balaban J connectivity index is 1.00. The molecule has 7 aromatic rings. The second-order valence-electron chi connectivity index (χ2n) is 13.0. The molecule has 0 fully saturated rings. The van der Waals surface area contributed by atoms with Crippen LogP contribution in [0.15, 0.2) is 82.4 Å². The SMILES string of the molecule is NC(=O)C(=O)C(Cc1coc2[nH]c(CC(=O)C(=O)C(Cc3coc4c[nH]cc34)NC(=O)c3nsnc3-c3ccccn3)cc12)NC(=O)c1nsnc1C1=CC=CCN1. The van der Waals surface area contributed by atoms with Crippen LogP contribution in [0.1, 0.15) is 43.5 Å². The summed E-state index contributed by atoms with van der Waals surface area (Å²) in [6.45, 7) is 0.515. The molecule has 0 bridgehead atoms. The number of ketones is 3. The molecule has 0 aromatic carbocycles. The Morgan fingerprint density at radius 1 is 0.845 bits per heavy atom. The number of aromatic amines is 2. The predicted octanol–water partition coefficient (Wildman–Crippen LogP) is 2.22. The molecule has 8 heterocycles. The number of dihydropyridines is 1. The Bertz CT molecular complexity index is 2790. The van der Waals surface area contributed by atoms with Crippen molar-refractivity contribution in [1.29, 1.82) is 0 Å². The van der Waals surface area contributed by atoms with E-state index in [-0.39, 0.29) is 47.0 Å². The molecule has 19 nitrogen and oxygen atoms in total. The summed E-state index contributed by atoms with van der Waals surface area (Å²) in [7, 11) is 0. The Kier molecular flexibility index (Phi) is 10.3. The summed E-state index contributed by atoms with van der Waals surface area (Å²) in [5.74, 6) is -5.56. The summed E-state index contributed by atoms with van der Waals surface area (Å²) in [5.41, 5.74) is 8.66. The maximum atomic E-state index is 13.9. The summed E-state index contributed by atoms with van der Waals surface area (Å²) in [5, 5.41) is 9.42. The van der Waals surface area contributed by atoms with Gasteiger partial charge in [0, 0.05) is 65.6 Å². The molecule has 2 atom stereocenters. The van der Waals surface area contributed by atoms with Crippen molar-refractivity contribution in [1.82, 2.24) is 48.4 Å². The third-order valence-corrected chi connectivity index (χ3v) is 10.3. The van der Waals surface area contributed by atoms with E-state index in [0.29, 0.717) is 45.4 Å². The van der Waals surface area contributed by atoms with Gasteiger partial charge in [-0.3, -0.25) is 33.8 Å². The molecule has 2 unspecified atom stereocenters. The van der Waals surface area contributed by atoms with Gasteiger partial charge in [0.25, 0.3) is 17.7 Å². The number of nitrogens with zero attached hydrogens (tertiary/aromatic N) is 5. The number of Topliss-reactive ketones (excluding diaryl/α,β-unsaturated/α-hetero) is 3. The van der Waals surface area contributed by atoms with Gasteiger partial charge in [-0.05, 0) is 24.3 Å². The minimum absolute atomic E-state index is 0.0533. The van der Waals surface area contributed by atoms with Crippen molar-refractivity contribution < 1.29 is 37.6 Å². The maximum absolute atomic E-state index is 13.9. The summed E-state index contributed by atoms with van der Waals surface area (Å²) in [6, 6.07) is 3.91. The molecule has 58 heavy (non-hydrogen) atoms. The lowest BCUT2D eigenvalue weighted by Gasteiger charge is -2.16. The van der Waals surface area contributed by atoms with E-state index in [0.717, 1.165) is 23.5 Å². The van der Waals surface area contributed by atoms with Crippen molar-refractivity contribution in [3.8, 4) is 11.4 Å². The number of nitrogens with one attached hydrogen (secondary N) is 5.